The van der Waals surface area contributed by atoms with Crippen LogP contribution >= 0.6 is 17.0 Å². The third-order valence-corrected chi connectivity index (χ3v) is 4.32. The molecule has 0 amide bonds. The lowest BCUT2D eigenvalue weighted by Gasteiger charge is -2.36. The maximum Gasteiger partial charge on any atom is 0.188 e. The van der Waals surface area contributed by atoms with Crippen molar-refractivity contribution in [2.75, 3.05) is 43.0 Å². The normalized spacial score (nSPS) is 14.8. The van der Waals surface area contributed by atoms with E-state index in [4.69, 9.17) is 5.73 Å². The van der Waals surface area contributed by atoms with Crippen molar-refractivity contribution in [3.8, 4) is 0 Å². The summed E-state index contributed by atoms with van der Waals surface area (Å²) in [6.45, 7) is 4.13. The zero-order valence-electron chi connectivity index (χ0n) is 14.7. The fraction of sp³-hybridized carbons (Fsp3) is 0.333. The van der Waals surface area contributed by atoms with Gasteiger partial charge in [-0.15, -0.1) is 17.0 Å². The monoisotopic (exact) mass is 422 g/mol. The molecule has 1 aliphatic heterocycles. The number of hydrogen-bond acceptors (Lipinski definition) is 4. The number of nitrogens with one attached hydrogen (secondary N) is 1. The number of anilines is 2. The third-order valence-electron chi connectivity index (χ3n) is 4.32. The van der Waals surface area contributed by atoms with Gasteiger partial charge in [0.05, 0.1) is 0 Å². The van der Waals surface area contributed by atoms with Gasteiger partial charge >= 0.3 is 0 Å². The molecule has 0 spiro atoms. The van der Waals surface area contributed by atoms with Crippen LogP contribution in [0.15, 0.2) is 47.6 Å². The van der Waals surface area contributed by atoms with E-state index in [1.54, 1.807) is 7.05 Å². The number of nitrogens with zero attached hydrogens (tertiary/aromatic N) is 4. The maximum atomic E-state index is 13.1. The fourth-order valence-corrected chi connectivity index (χ4v) is 2.86. The van der Waals surface area contributed by atoms with Crippen molar-refractivity contribution in [2.24, 2.45) is 10.7 Å². The standard InChI is InChI=1S/C18H23FN6.BrH/c1-21-18(20)23-13-14-6-7-22-17(12-14)25-10-8-24(9-11-25)16-4-2-15(19)3-5-16;/h2-7,12H,8-11,13H2,1H3,(H3,20,21,23);1H. The minimum Gasteiger partial charge on any atom is -0.370 e. The zero-order chi connectivity index (χ0) is 17.6. The quantitative estimate of drug-likeness (QED) is 0.583. The van der Waals surface area contributed by atoms with Crippen LogP contribution in [0.5, 0.6) is 0 Å². The lowest BCUT2D eigenvalue weighted by Crippen LogP contribution is -2.46. The Kier molecular flexibility index (Phi) is 7.20. The van der Waals surface area contributed by atoms with Crippen molar-refractivity contribution in [3.05, 3.63) is 54.0 Å². The van der Waals surface area contributed by atoms with E-state index in [9.17, 15) is 4.39 Å². The number of piperazine rings is 1. The van der Waals surface area contributed by atoms with Crippen molar-refractivity contribution in [1.29, 1.82) is 0 Å². The summed E-state index contributed by atoms with van der Waals surface area (Å²) < 4.78 is 13.1. The molecule has 2 aromatic rings. The summed E-state index contributed by atoms with van der Waals surface area (Å²) in [5, 5.41) is 3.05. The fourth-order valence-electron chi connectivity index (χ4n) is 2.86. The van der Waals surface area contributed by atoms with Crippen LogP contribution in [0.2, 0.25) is 0 Å². The van der Waals surface area contributed by atoms with E-state index in [1.807, 2.05) is 24.4 Å². The van der Waals surface area contributed by atoms with Gasteiger partial charge in [-0.25, -0.2) is 9.37 Å². The topological polar surface area (TPSA) is 69.8 Å². The molecule has 0 saturated carbocycles. The van der Waals surface area contributed by atoms with Crippen molar-refractivity contribution >= 4 is 34.4 Å². The molecule has 3 N–H and O–H groups in total. The summed E-state index contributed by atoms with van der Waals surface area (Å²) in [6.07, 6.45) is 1.82. The number of nitrogens with two attached hydrogens (primary N) is 1. The molecule has 2 heterocycles. The number of guanidine groups is 1. The Morgan fingerprint density at radius 2 is 1.81 bits per heavy atom. The Morgan fingerprint density at radius 3 is 2.46 bits per heavy atom. The largest absolute Gasteiger partial charge is 0.370 e. The van der Waals surface area contributed by atoms with Gasteiger partial charge in [0.2, 0.25) is 0 Å². The second kappa shape index (κ2) is 9.38. The van der Waals surface area contributed by atoms with Gasteiger partial charge in [0.15, 0.2) is 5.96 Å². The van der Waals surface area contributed by atoms with Crippen molar-refractivity contribution < 1.29 is 4.39 Å². The number of benzene rings is 1. The van der Waals surface area contributed by atoms with Gasteiger partial charge in [0.25, 0.3) is 0 Å². The van der Waals surface area contributed by atoms with Gasteiger partial charge in [-0.05, 0) is 42.0 Å². The van der Waals surface area contributed by atoms with Gasteiger partial charge in [0.1, 0.15) is 11.6 Å². The van der Waals surface area contributed by atoms with E-state index in [1.165, 1.54) is 12.1 Å². The number of hydrogen-bond donors (Lipinski definition) is 2. The molecular weight excluding hydrogens is 399 g/mol. The third kappa shape index (κ3) is 5.08. The van der Waals surface area contributed by atoms with Crippen LogP contribution in [-0.2, 0) is 6.54 Å². The minimum absolute atomic E-state index is 0. The van der Waals surface area contributed by atoms with Gasteiger partial charge in [-0.1, -0.05) is 0 Å². The van der Waals surface area contributed by atoms with Crippen LogP contribution in [0.1, 0.15) is 5.56 Å². The molecule has 0 bridgehead atoms. The summed E-state index contributed by atoms with van der Waals surface area (Å²) in [7, 11) is 1.65. The Morgan fingerprint density at radius 1 is 1.15 bits per heavy atom. The predicted molar refractivity (Wildman–Crippen MR) is 110 cm³/mol. The first-order valence-corrected chi connectivity index (χ1v) is 8.32. The van der Waals surface area contributed by atoms with Crippen LogP contribution in [-0.4, -0.2) is 44.2 Å². The van der Waals surface area contributed by atoms with E-state index >= 15 is 0 Å². The Balaban J connectivity index is 0.00000243. The molecule has 0 aliphatic carbocycles. The number of aromatic nitrogens is 1. The van der Waals surface area contributed by atoms with Crippen molar-refractivity contribution in [2.45, 2.75) is 6.54 Å². The SMILES string of the molecule is Br.CN=C(N)NCc1ccnc(N2CCN(c3ccc(F)cc3)CC2)c1. The summed E-state index contributed by atoms with van der Waals surface area (Å²) in [5.41, 5.74) is 7.83. The number of halogens is 2. The molecule has 140 valence electrons. The molecule has 1 saturated heterocycles. The molecule has 0 radical (unpaired) electrons. The Bertz CT molecular complexity index is 729. The Hall–Kier alpha value is -2.35. The van der Waals surface area contributed by atoms with Crippen molar-refractivity contribution in [3.63, 3.8) is 0 Å². The molecule has 6 nitrogen and oxygen atoms in total. The molecule has 1 fully saturated rings. The van der Waals surface area contributed by atoms with E-state index in [2.05, 4.69) is 31.2 Å². The van der Waals surface area contributed by atoms with Crippen LogP contribution in [0.4, 0.5) is 15.9 Å². The van der Waals surface area contributed by atoms with E-state index in [0.717, 1.165) is 43.2 Å². The highest BCUT2D eigenvalue weighted by molar-refractivity contribution is 8.93. The molecule has 1 aliphatic rings. The lowest BCUT2D eigenvalue weighted by atomic mass is 10.2. The van der Waals surface area contributed by atoms with E-state index in [0.29, 0.717) is 12.5 Å². The first-order valence-electron chi connectivity index (χ1n) is 8.32. The number of rotatable bonds is 4. The number of aliphatic imine (C=N–C) groups is 1. The second-order valence-electron chi connectivity index (χ2n) is 5.94. The Labute approximate surface area is 163 Å². The average molecular weight is 423 g/mol. The van der Waals surface area contributed by atoms with Crippen LogP contribution < -0.4 is 20.9 Å². The molecule has 8 heteroatoms. The highest BCUT2D eigenvalue weighted by Gasteiger charge is 2.18. The first kappa shape index (κ1) is 20.0. The second-order valence-corrected chi connectivity index (χ2v) is 5.94. The molecule has 0 unspecified atom stereocenters. The predicted octanol–water partition coefficient (Wildman–Crippen LogP) is 2.16. The molecule has 1 aromatic heterocycles. The summed E-state index contributed by atoms with van der Waals surface area (Å²) in [5.74, 6) is 1.18. The van der Waals surface area contributed by atoms with Crippen LogP contribution in [0.3, 0.4) is 0 Å². The molecule has 0 atom stereocenters. The van der Waals surface area contributed by atoms with E-state index < -0.39 is 0 Å². The highest BCUT2D eigenvalue weighted by Crippen LogP contribution is 2.20. The van der Waals surface area contributed by atoms with Gasteiger partial charge in [0, 0.05) is 51.7 Å². The first-order chi connectivity index (χ1) is 12.2. The number of pyridine rings is 1. The van der Waals surface area contributed by atoms with Gasteiger partial charge in [-0.2, -0.15) is 0 Å². The average Bonchev–Trinajstić information content (AvgIpc) is 2.67. The van der Waals surface area contributed by atoms with Gasteiger partial charge < -0.3 is 20.9 Å². The van der Waals surface area contributed by atoms with Crippen molar-refractivity contribution in [1.82, 2.24) is 10.3 Å². The molecule has 1 aromatic carbocycles. The zero-order valence-corrected chi connectivity index (χ0v) is 16.4. The summed E-state index contributed by atoms with van der Waals surface area (Å²) >= 11 is 0. The minimum atomic E-state index is -0.203. The van der Waals surface area contributed by atoms with Crippen LogP contribution in [0.25, 0.3) is 0 Å². The van der Waals surface area contributed by atoms with Crippen LogP contribution in [0, 0.1) is 5.82 Å². The lowest BCUT2D eigenvalue weighted by molar-refractivity contribution is 0.624. The molecule has 26 heavy (non-hydrogen) atoms. The smallest absolute Gasteiger partial charge is 0.188 e. The highest BCUT2D eigenvalue weighted by atomic mass is 79.9. The van der Waals surface area contributed by atoms with Gasteiger partial charge in [-0.3, -0.25) is 4.99 Å². The van der Waals surface area contributed by atoms with E-state index in [-0.39, 0.29) is 22.8 Å². The maximum absolute atomic E-state index is 13.1. The summed E-state index contributed by atoms with van der Waals surface area (Å²) in [4.78, 5) is 12.9. The summed E-state index contributed by atoms with van der Waals surface area (Å²) in [6, 6.07) is 10.7. The molecular formula is C18H24BrFN6. The molecule has 3 rings (SSSR count).